The minimum Gasteiger partial charge on any atom is -0.341 e. The van der Waals surface area contributed by atoms with E-state index in [0.29, 0.717) is 12.1 Å². The van der Waals surface area contributed by atoms with Crippen molar-refractivity contribution < 1.29 is 18.0 Å². The van der Waals surface area contributed by atoms with Gasteiger partial charge in [-0.15, -0.1) is 0 Å². The predicted octanol–water partition coefficient (Wildman–Crippen LogP) is 3.30. The van der Waals surface area contributed by atoms with Crippen LogP contribution >= 0.6 is 0 Å². The maximum absolute atomic E-state index is 12.6. The summed E-state index contributed by atoms with van der Waals surface area (Å²) in [4.78, 5) is 17.5. The molecule has 0 spiro atoms. The molecule has 116 valence electrons. The quantitative estimate of drug-likeness (QED) is 0.868. The SMILES string of the molecule is CN(Cc1cccnc1)C(=O)Cc1cccc(C(F)(F)F)c1. The first-order valence-corrected chi connectivity index (χ1v) is 6.65. The van der Waals surface area contributed by atoms with Crippen molar-refractivity contribution in [3.63, 3.8) is 0 Å². The van der Waals surface area contributed by atoms with Crippen molar-refractivity contribution in [2.75, 3.05) is 7.05 Å². The van der Waals surface area contributed by atoms with Gasteiger partial charge >= 0.3 is 6.18 Å². The summed E-state index contributed by atoms with van der Waals surface area (Å²) in [7, 11) is 1.61. The van der Waals surface area contributed by atoms with Crippen molar-refractivity contribution in [2.45, 2.75) is 19.1 Å². The fourth-order valence-electron chi connectivity index (χ4n) is 2.02. The highest BCUT2D eigenvalue weighted by Crippen LogP contribution is 2.29. The normalized spacial score (nSPS) is 11.3. The number of halogens is 3. The average molecular weight is 308 g/mol. The van der Waals surface area contributed by atoms with E-state index in [1.807, 2.05) is 6.07 Å². The van der Waals surface area contributed by atoms with Gasteiger partial charge in [0.25, 0.3) is 0 Å². The van der Waals surface area contributed by atoms with Crippen molar-refractivity contribution >= 4 is 5.91 Å². The first-order valence-electron chi connectivity index (χ1n) is 6.65. The molecule has 22 heavy (non-hydrogen) atoms. The van der Waals surface area contributed by atoms with Gasteiger partial charge in [-0.25, -0.2) is 0 Å². The summed E-state index contributed by atoms with van der Waals surface area (Å²) in [5.74, 6) is -0.247. The summed E-state index contributed by atoms with van der Waals surface area (Å²) in [6.07, 6.45) is -1.19. The van der Waals surface area contributed by atoms with Crippen LogP contribution in [0.3, 0.4) is 0 Å². The zero-order chi connectivity index (χ0) is 16.2. The van der Waals surface area contributed by atoms with E-state index in [-0.39, 0.29) is 12.3 Å². The van der Waals surface area contributed by atoms with Gasteiger partial charge in [0.2, 0.25) is 5.91 Å². The van der Waals surface area contributed by atoms with Crippen LogP contribution < -0.4 is 0 Å². The van der Waals surface area contributed by atoms with E-state index in [1.165, 1.54) is 17.0 Å². The van der Waals surface area contributed by atoms with Gasteiger partial charge in [0.15, 0.2) is 0 Å². The topological polar surface area (TPSA) is 33.2 Å². The molecule has 0 aliphatic rings. The van der Waals surface area contributed by atoms with Crippen LogP contribution in [0, 0.1) is 0 Å². The Balaban J connectivity index is 2.02. The fourth-order valence-corrected chi connectivity index (χ4v) is 2.02. The van der Waals surface area contributed by atoms with Crippen molar-refractivity contribution in [2.24, 2.45) is 0 Å². The molecule has 0 aliphatic carbocycles. The molecule has 0 aliphatic heterocycles. The van der Waals surface area contributed by atoms with Gasteiger partial charge in [-0.05, 0) is 23.3 Å². The van der Waals surface area contributed by atoms with E-state index in [9.17, 15) is 18.0 Å². The van der Waals surface area contributed by atoms with Crippen LogP contribution in [0.15, 0.2) is 48.8 Å². The number of nitrogens with zero attached hydrogens (tertiary/aromatic N) is 2. The monoisotopic (exact) mass is 308 g/mol. The van der Waals surface area contributed by atoms with Crippen LogP contribution in [-0.4, -0.2) is 22.8 Å². The molecule has 0 saturated carbocycles. The Morgan fingerprint density at radius 1 is 1.18 bits per heavy atom. The van der Waals surface area contributed by atoms with E-state index < -0.39 is 11.7 Å². The molecule has 0 bridgehead atoms. The van der Waals surface area contributed by atoms with Crippen LogP contribution in [0.4, 0.5) is 13.2 Å². The van der Waals surface area contributed by atoms with Crippen molar-refractivity contribution in [1.82, 2.24) is 9.88 Å². The Morgan fingerprint density at radius 3 is 2.55 bits per heavy atom. The number of rotatable bonds is 4. The molecule has 6 heteroatoms. The minimum atomic E-state index is -4.40. The van der Waals surface area contributed by atoms with Gasteiger partial charge in [-0.3, -0.25) is 9.78 Å². The Kier molecular flexibility index (Phi) is 4.80. The molecule has 1 heterocycles. The van der Waals surface area contributed by atoms with Crippen LogP contribution in [0.2, 0.25) is 0 Å². The Hall–Kier alpha value is -2.37. The van der Waals surface area contributed by atoms with E-state index in [2.05, 4.69) is 4.98 Å². The molecule has 0 radical (unpaired) electrons. The fraction of sp³-hybridized carbons (Fsp3) is 0.250. The van der Waals surface area contributed by atoms with E-state index >= 15 is 0 Å². The first kappa shape index (κ1) is 16.0. The van der Waals surface area contributed by atoms with Gasteiger partial charge in [0.05, 0.1) is 12.0 Å². The molecule has 0 N–H and O–H groups in total. The molecule has 0 atom stereocenters. The summed E-state index contributed by atoms with van der Waals surface area (Å²) >= 11 is 0. The van der Waals surface area contributed by atoms with Crippen molar-refractivity contribution in [3.8, 4) is 0 Å². The lowest BCUT2D eigenvalue weighted by molar-refractivity contribution is -0.138. The molecule has 2 rings (SSSR count). The van der Waals surface area contributed by atoms with Gasteiger partial charge in [0.1, 0.15) is 0 Å². The highest BCUT2D eigenvalue weighted by molar-refractivity contribution is 5.78. The van der Waals surface area contributed by atoms with Crippen LogP contribution in [0.25, 0.3) is 0 Å². The number of hydrogen-bond acceptors (Lipinski definition) is 2. The van der Waals surface area contributed by atoms with Crippen LogP contribution in [-0.2, 0) is 23.9 Å². The molecular weight excluding hydrogens is 293 g/mol. The van der Waals surface area contributed by atoms with Gasteiger partial charge in [0, 0.05) is 26.0 Å². The lowest BCUT2D eigenvalue weighted by Crippen LogP contribution is -2.27. The number of likely N-dealkylation sites (N-methyl/N-ethyl adjacent to an activating group) is 1. The number of pyridine rings is 1. The lowest BCUT2D eigenvalue weighted by atomic mass is 10.1. The molecule has 3 nitrogen and oxygen atoms in total. The minimum absolute atomic E-state index is 0.0688. The number of amides is 1. The molecule has 2 aromatic rings. The third-order valence-corrected chi connectivity index (χ3v) is 3.18. The molecule has 1 aromatic heterocycles. The number of carbonyl (C=O) groups excluding carboxylic acids is 1. The van der Waals surface area contributed by atoms with Gasteiger partial charge in [-0.1, -0.05) is 24.3 Å². The van der Waals surface area contributed by atoms with E-state index in [0.717, 1.165) is 17.7 Å². The second kappa shape index (κ2) is 6.60. The third kappa shape index (κ3) is 4.31. The number of hydrogen-bond donors (Lipinski definition) is 0. The van der Waals surface area contributed by atoms with Crippen molar-refractivity contribution in [3.05, 3.63) is 65.5 Å². The Labute approximate surface area is 126 Å². The second-order valence-corrected chi connectivity index (χ2v) is 4.99. The summed E-state index contributed by atoms with van der Waals surface area (Å²) < 4.78 is 37.9. The third-order valence-electron chi connectivity index (χ3n) is 3.18. The number of carbonyl (C=O) groups is 1. The summed E-state index contributed by atoms with van der Waals surface area (Å²) in [6, 6.07) is 8.43. The number of aromatic nitrogens is 1. The van der Waals surface area contributed by atoms with E-state index in [1.54, 1.807) is 25.5 Å². The molecule has 1 amide bonds. The zero-order valence-electron chi connectivity index (χ0n) is 12.0. The van der Waals surface area contributed by atoms with Crippen molar-refractivity contribution in [1.29, 1.82) is 0 Å². The van der Waals surface area contributed by atoms with Crippen LogP contribution in [0.5, 0.6) is 0 Å². The molecule has 0 unspecified atom stereocenters. The smallest absolute Gasteiger partial charge is 0.341 e. The first-order chi connectivity index (χ1) is 10.4. The molecule has 0 fully saturated rings. The van der Waals surface area contributed by atoms with Gasteiger partial charge < -0.3 is 4.90 Å². The Morgan fingerprint density at radius 2 is 1.91 bits per heavy atom. The summed E-state index contributed by atoms with van der Waals surface area (Å²) in [5.41, 5.74) is 0.466. The van der Waals surface area contributed by atoms with Crippen LogP contribution in [0.1, 0.15) is 16.7 Å². The molecule has 0 saturated heterocycles. The standard InChI is InChI=1S/C16H15F3N2O/c1-21(11-13-5-3-7-20-10-13)15(22)9-12-4-2-6-14(8-12)16(17,18)19/h2-8,10H,9,11H2,1H3. The summed E-state index contributed by atoms with van der Waals surface area (Å²) in [6.45, 7) is 0.367. The molecule has 1 aromatic carbocycles. The van der Waals surface area contributed by atoms with E-state index in [4.69, 9.17) is 0 Å². The maximum atomic E-state index is 12.6. The number of alkyl halides is 3. The highest BCUT2D eigenvalue weighted by atomic mass is 19.4. The number of benzene rings is 1. The maximum Gasteiger partial charge on any atom is 0.416 e. The largest absolute Gasteiger partial charge is 0.416 e. The average Bonchev–Trinajstić information content (AvgIpc) is 2.47. The van der Waals surface area contributed by atoms with Gasteiger partial charge in [-0.2, -0.15) is 13.2 Å². The molecular formula is C16H15F3N2O. The Bertz CT molecular complexity index is 641. The summed E-state index contributed by atoms with van der Waals surface area (Å²) in [5, 5.41) is 0. The predicted molar refractivity (Wildman–Crippen MR) is 75.9 cm³/mol. The zero-order valence-corrected chi connectivity index (χ0v) is 12.0. The lowest BCUT2D eigenvalue weighted by Gasteiger charge is -2.17. The second-order valence-electron chi connectivity index (χ2n) is 4.99. The highest BCUT2D eigenvalue weighted by Gasteiger charge is 2.30.